The number of hydrogen-bond donors (Lipinski definition) is 1. The average Bonchev–Trinajstić information content (AvgIpc) is 2.82. The van der Waals surface area contributed by atoms with E-state index in [1.54, 1.807) is 42.5 Å². The highest BCUT2D eigenvalue weighted by atomic mass is 35.5. The normalized spacial score (nSPS) is 10.7. The number of benzene rings is 3. The number of amides is 1. The number of carbonyl (C=O) groups excluding carboxylic acids is 1. The zero-order valence-corrected chi connectivity index (χ0v) is 19.7. The minimum absolute atomic E-state index is 0.142. The number of halogens is 2. The van der Waals surface area contributed by atoms with Gasteiger partial charge in [0, 0.05) is 27.8 Å². The molecule has 1 amide bonds. The third-order valence-corrected chi connectivity index (χ3v) is 5.41. The molecular formula is C24H20Cl2N2O6. The summed E-state index contributed by atoms with van der Waals surface area (Å²) >= 11 is 12.4. The predicted octanol–water partition coefficient (Wildman–Crippen LogP) is 6.15. The van der Waals surface area contributed by atoms with Crippen LogP contribution in [0.15, 0.2) is 60.7 Å². The summed E-state index contributed by atoms with van der Waals surface area (Å²) in [6.07, 6.45) is 2.91. The van der Waals surface area contributed by atoms with Gasteiger partial charge in [-0.05, 0) is 42.0 Å². The van der Waals surface area contributed by atoms with Gasteiger partial charge < -0.3 is 19.5 Å². The molecule has 176 valence electrons. The van der Waals surface area contributed by atoms with E-state index in [1.807, 2.05) is 0 Å². The van der Waals surface area contributed by atoms with Crippen molar-refractivity contribution in [3.8, 4) is 17.2 Å². The van der Waals surface area contributed by atoms with Crippen molar-refractivity contribution in [1.29, 1.82) is 0 Å². The van der Waals surface area contributed by atoms with Crippen LogP contribution in [0.5, 0.6) is 17.2 Å². The van der Waals surface area contributed by atoms with Gasteiger partial charge in [0.1, 0.15) is 12.4 Å². The second-order valence-electron chi connectivity index (χ2n) is 6.86. The Hall–Kier alpha value is -3.75. The first-order valence-corrected chi connectivity index (χ1v) is 10.6. The summed E-state index contributed by atoms with van der Waals surface area (Å²) in [7, 11) is 2.87. The first kappa shape index (κ1) is 24.9. The molecule has 8 nitrogen and oxygen atoms in total. The number of nitro groups is 1. The number of carbonyl (C=O) groups is 1. The molecule has 0 atom stereocenters. The van der Waals surface area contributed by atoms with E-state index in [0.717, 1.165) is 0 Å². The maximum atomic E-state index is 12.3. The number of ether oxygens (including phenoxy) is 3. The summed E-state index contributed by atoms with van der Waals surface area (Å²) < 4.78 is 16.4. The highest BCUT2D eigenvalue weighted by molar-refractivity contribution is 6.35. The number of methoxy groups -OCH3 is 2. The van der Waals surface area contributed by atoms with Crippen LogP contribution >= 0.6 is 23.2 Å². The van der Waals surface area contributed by atoms with Gasteiger partial charge in [-0.25, -0.2) is 0 Å². The highest BCUT2D eigenvalue weighted by Crippen LogP contribution is 2.32. The Morgan fingerprint density at radius 2 is 1.71 bits per heavy atom. The van der Waals surface area contributed by atoms with Crippen LogP contribution in [0.2, 0.25) is 10.0 Å². The Morgan fingerprint density at radius 3 is 2.35 bits per heavy atom. The second kappa shape index (κ2) is 11.4. The van der Waals surface area contributed by atoms with E-state index in [4.69, 9.17) is 37.4 Å². The molecule has 3 aromatic rings. The minimum atomic E-state index is -0.544. The van der Waals surface area contributed by atoms with Crippen molar-refractivity contribution >= 4 is 46.6 Å². The monoisotopic (exact) mass is 502 g/mol. The van der Waals surface area contributed by atoms with E-state index in [-0.39, 0.29) is 18.0 Å². The maximum Gasteiger partial charge on any atom is 0.273 e. The van der Waals surface area contributed by atoms with Gasteiger partial charge in [0.05, 0.1) is 30.9 Å². The molecule has 0 fully saturated rings. The van der Waals surface area contributed by atoms with Crippen molar-refractivity contribution in [3.05, 3.63) is 92.0 Å². The van der Waals surface area contributed by atoms with E-state index in [0.29, 0.717) is 38.4 Å². The SMILES string of the molecule is COc1cc([N+](=O)[O-])ccc1NC(=O)/C=C/c1ccc(OCc2c(Cl)cccc2Cl)c(OC)c1. The summed E-state index contributed by atoms with van der Waals surface area (Å²) in [5.74, 6) is 0.677. The van der Waals surface area contributed by atoms with Gasteiger partial charge in [0.2, 0.25) is 5.91 Å². The molecular weight excluding hydrogens is 483 g/mol. The first-order valence-electron chi connectivity index (χ1n) is 9.87. The number of nitrogens with one attached hydrogen (secondary N) is 1. The van der Waals surface area contributed by atoms with E-state index < -0.39 is 10.8 Å². The van der Waals surface area contributed by atoms with E-state index in [2.05, 4.69) is 5.32 Å². The Kier molecular flexibility index (Phi) is 8.34. The van der Waals surface area contributed by atoms with E-state index in [9.17, 15) is 14.9 Å². The summed E-state index contributed by atoms with van der Waals surface area (Å²) in [5.41, 5.74) is 1.51. The fourth-order valence-corrected chi connectivity index (χ4v) is 3.48. The molecule has 0 aliphatic rings. The lowest BCUT2D eigenvalue weighted by Crippen LogP contribution is -2.09. The fourth-order valence-electron chi connectivity index (χ4n) is 2.97. The van der Waals surface area contributed by atoms with E-state index >= 15 is 0 Å². The van der Waals surface area contributed by atoms with Crippen LogP contribution in [0.4, 0.5) is 11.4 Å². The van der Waals surface area contributed by atoms with Crippen LogP contribution in [0.1, 0.15) is 11.1 Å². The van der Waals surface area contributed by atoms with Crippen molar-refractivity contribution in [2.24, 2.45) is 0 Å². The number of rotatable bonds is 9. The lowest BCUT2D eigenvalue weighted by molar-refractivity contribution is -0.384. The number of non-ortho nitro benzene ring substituents is 1. The number of anilines is 1. The molecule has 10 heteroatoms. The van der Waals surface area contributed by atoms with Gasteiger partial charge in [-0.3, -0.25) is 14.9 Å². The average molecular weight is 503 g/mol. The molecule has 0 heterocycles. The van der Waals surface area contributed by atoms with Crippen LogP contribution in [0.3, 0.4) is 0 Å². The second-order valence-corrected chi connectivity index (χ2v) is 7.68. The van der Waals surface area contributed by atoms with Crippen LogP contribution in [-0.2, 0) is 11.4 Å². The predicted molar refractivity (Wildman–Crippen MR) is 131 cm³/mol. The molecule has 1 N–H and O–H groups in total. The largest absolute Gasteiger partial charge is 0.494 e. The quantitative estimate of drug-likeness (QED) is 0.214. The zero-order chi connectivity index (χ0) is 24.7. The summed E-state index contributed by atoms with van der Waals surface area (Å²) in [4.78, 5) is 22.7. The Balaban J connectivity index is 1.69. The smallest absolute Gasteiger partial charge is 0.273 e. The fraction of sp³-hybridized carbons (Fsp3) is 0.125. The third kappa shape index (κ3) is 6.18. The van der Waals surface area contributed by atoms with Crippen molar-refractivity contribution in [2.45, 2.75) is 6.61 Å². The third-order valence-electron chi connectivity index (χ3n) is 4.70. The van der Waals surface area contributed by atoms with Gasteiger partial charge in [0.25, 0.3) is 5.69 Å². The molecule has 3 rings (SSSR count). The first-order chi connectivity index (χ1) is 16.3. The minimum Gasteiger partial charge on any atom is -0.494 e. The van der Waals surface area contributed by atoms with Crippen molar-refractivity contribution in [2.75, 3.05) is 19.5 Å². The number of nitro benzene ring substituents is 1. The zero-order valence-electron chi connectivity index (χ0n) is 18.2. The molecule has 0 unspecified atom stereocenters. The molecule has 0 saturated heterocycles. The highest BCUT2D eigenvalue weighted by Gasteiger charge is 2.13. The maximum absolute atomic E-state index is 12.3. The summed E-state index contributed by atoms with van der Waals surface area (Å²) in [6.45, 7) is 0.156. The van der Waals surface area contributed by atoms with Gasteiger partial charge in [-0.2, -0.15) is 0 Å². The van der Waals surface area contributed by atoms with Gasteiger partial charge in [0.15, 0.2) is 11.5 Å². The molecule has 0 radical (unpaired) electrons. The molecule has 3 aromatic carbocycles. The molecule has 34 heavy (non-hydrogen) atoms. The summed E-state index contributed by atoms with van der Waals surface area (Å²) in [5, 5.41) is 14.5. The van der Waals surface area contributed by atoms with Crippen molar-refractivity contribution in [3.63, 3.8) is 0 Å². The summed E-state index contributed by atoms with van der Waals surface area (Å²) in [6, 6.07) is 14.3. The molecule has 0 aliphatic carbocycles. The topological polar surface area (TPSA) is 99.9 Å². The molecule has 0 aromatic heterocycles. The lowest BCUT2D eigenvalue weighted by atomic mass is 10.1. The van der Waals surface area contributed by atoms with Crippen molar-refractivity contribution < 1.29 is 23.9 Å². The molecule has 0 spiro atoms. The van der Waals surface area contributed by atoms with Gasteiger partial charge in [-0.15, -0.1) is 0 Å². The molecule has 0 aliphatic heterocycles. The Labute approximate surface area is 205 Å². The Morgan fingerprint density at radius 1 is 1.00 bits per heavy atom. The van der Waals surface area contributed by atoms with Crippen molar-refractivity contribution in [1.82, 2.24) is 0 Å². The standard InChI is InChI=1S/C24H20Cl2N2O6/c1-32-22-13-16(28(30)31)8-9-20(22)27-24(29)11-7-15-6-10-21(23(12-15)33-2)34-14-17-18(25)4-3-5-19(17)26/h3-13H,14H2,1-2H3,(H,27,29)/b11-7+. The van der Waals surface area contributed by atoms with Gasteiger partial charge >= 0.3 is 0 Å². The molecule has 0 saturated carbocycles. The van der Waals surface area contributed by atoms with Crippen LogP contribution in [0, 0.1) is 10.1 Å². The van der Waals surface area contributed by atoms with Crippen LogP contribution < -0.4 is 19.5 Å². The number of hydrogen-bond acceptors (Lipinski definition) is 6. The Bertz CT molecular complexity index is 1230. The number of nitrogens with zero attached hydrogens (tertiary/aromatic N) is 1. The van der Waals surface area contributed by atoms with E-state index in [1.165, 1.54) is 38.5 Å². The van der Waals surface area contributed by atoms with Gasteiger partial charge in [-0.1, -0.05) is 35.3 Å². The lowest BCUT2D eigenvalue weighted by Gasteiger charge is -2.13. The van der Waals surface area contributed by atoms with Crippen LogP contribution in [0.25, 0.3) is 6.08 Å². The van der Waals surface area contributed by atoms with Crippen LogP contribution in [-0.4, -0.2) is 25.1 Å². The molecule has 0 bridgehead atoms.